The Morgan fingerprint density at radius 3 is 1.68 bits per heavy atom. The Bertz CT molecular complexity index is 1060. The Hall–Kier alpha value is -2.44. The van der Waals surface area contributed by atoms with Gasteiger partial charge in [0, 0.05) is 6.61 Å². The molecule has 1 fully saturated rings. The Balaban J connectivity index is 0. The van der Waals surface area contributed by atoms with E-state index >= 15 is 0 Å². The molecule has 1 heterocycles. The summed E-state index contributed by atoms with van der Waals surface area (Å²) in [4.78, 5) is 11.5. The first-order valence-electron chi connectivity index (χ1n) is 16.4. The molecule has 0 aliphatic carbocycles. The van der Waals surface area contributed by atoms with Gasteiger partial charge in [0.15, 0.2) is 6.29 Å². The third-order valence-corrected chi connectivity index (χ3v) is 6.47. The standard InChI is InChI=1S/C18H23F5O6.C12H21BO4.C2H6.C2H4/c1-2-4-25-6-8-27-10-11-28-9-7-26-5-3-12(24)29-18-16(22)14(20)13(19)15(21)17(18)23;1-4-7(2)5-6-16-12-11(15)9(13)10(14)8(3)17-12;2*1-2/h2-11H2,1H3;4,8-12,14-15H,5-6H2,1-3H3;1-2H3;1-2H2/b;7-4+;;/t;8?,9?,10?,11-,12?;;/m.1../s1. The fourth-order valence-electron chi connectivity index (χ4n) is 3.59. The van der Waals surface area contributed by atoms with Crippen molar-refractivity contribution in [2.24, 2.45) is 0 Å². The normalized spacial score (nSPS) is 20.0. The molecule has 5 atom stereocenters. The Morgan fingerprint density at radius 1 is 0.780 bits per heavy atom. The number of rotatable bonds is 19. The van der Waals surface area contributed by atoms with Gasteiger partial charge in [-0.1, -0.05) is 32.4 Å². The van der Waals surface area contributed by atoms with E-state index in [1.807, 2.05) is 40.7 Å². The van der Waals surface area contributed by atoms with Crippen LogP contribution in [0.4, 0.5) is 22.0 Å². The van der Waals surface area contributed by atoms with Crippen LogP contribution in [0.2, 0.25) is 5.82 Å². The molecule has 2 rings (SSSR count). The number of halogens is 5. The number of aliphatic hydroxyl groups is 2. The number of hydrogen-bond donors (Lipinski definition) is 2. The van der Waals surface area contributed by atoms with Crippen molar-refractivity contribution in [1.29, 1.82) is 0 Å². The zero-order valence-corrected chi connectivity index (χ0v) is 30.0. The van der Waals surface area contributed by atoms with Crippen LogP contribution in [0, 0.1) is 29.1 Å². The van der Waals surface area contributed by atoms with Crippen molar-refractivity contribution in [3.8, 4) is 5.75 Å². The first-order chi connectivity index (χ1) is 23.9. The summed E-state index contributed by atoms with van der Waals surface area (Å²) < 4.78 is 102. The van der Waals surface area contributed by atoms with E-state index in [1.165, 1.54) is 5.57 Å². The van der Waals surface area contributed by atoms with Gasteiger partial charge in [0.05, 0.1) is 79.3 Å². The van der Waals surface area contributed by atoms with Crippen LogP contribution in [0.3, 0.4) is 0 Å². The zero-order valence-electron chi connectivity index (χ0n) is 30.0. The van der Waals surface area contributed by atoms with Crippen molar-refractivity contribution < 1.29 is 70.1 Å². The smallest absolute Gasteiger partial charge is 0.313 e. The van der Waals surface area contributed by atoms with E-state index in [4.69, 9.17) is 36.3 Å². The fraction of sp³-hybridized carbons (Fsp3) is 0.676. The lowest BCUT2D eigenvalue weighted by Gasteiger charge is -2.40. The second kappa shape index (κ2) is 30.2. The van der Waals surface area contributed by atoms with Gasteiger partial charge in [-0.2, -0.15) is 8.78 Å². The van der Waals surface area contributed by atoms with Crippen LogP contribution in [0.1, 0.15) is 60.8 Å². The molecule has 50 heavy (non-hydrogen) atoms. The minimum atomic E-state index is -2.33. The predicted molar refractivity (Wildman–Crippen MR) is 179 cm³/mol. The summed E-state index contributed by atoms with van der Waals surface area (Å²) in [5, 5.41) is 19.4. The second-order valence-corrected chi connectivity index (χ2v) is 10.1. The van der Waals surface area contributed by atoms with Gasteiger partial charge in [-0.25, -0.2) is 13.2 Å². The van der Waals surface area contributed by atoms with Crippen LogP contribution in [0.25, 0.3) is 0 Å². The van der Waals surface area contributed by atoms with Gasteiger partial charge >= 0.3 is 5.97 Å². The van der Waals surface area contributed by atoms with Crippen LogP contribution < -0.4 is 4.74 Å². The third-order valence-electron chi connectivity index (χ3n) is 6.47. The molecule has 1 aromatic carbocycles. The van der Waals surface area contributed by atoms with Gasteiger partial charge < -0.3 is 43.4 Å². The number of hydrogen-bond acceptors (Lipinski definition) is 10. The summed E-state index contributed by atoms with van der Waals surface area (Å²) in [5.41, 5.74) is 1.22. The molecule has 1 saturated heterocycles. The largest absolute Gasteiger partial charge is 0.420 e. The van der Waals surface area contributed by atoms with Gasteiger partial charge in [0.25, 0.3) is 0 Å². The maximum absolute atomic E-state index is 13.4. The SMILES string of the molecule is C=C.CC.CCCOCCOCCOCCOCCC(=O)Oc1c(F)c(F)c(F)c(F)c1F.[B]C1C(O)C(C)OC(OCC/C(C)=C/C)[C@@H]1O. The molecule has 0 saturated carbocycles. The highest BCUT2D eigenvalue weighted by Gasteiger charge is 2.40. The lowest BCUT2D eigenvalue weighted by Crippen LogP contribution is -2.51. The molecule has 0 amide bonds. The summed E-state index contributed by atoms with van der Waals surface area (Å²) in [6, 6.07) is 0. The number of allylic oxidation sites excluding steroid dienone is 1. The summed E-state index contributed by atoms with van der Waals surface area (Å²) in [6.45, 7) is 20.7. The van der Waals surface area contributed by atoms with Crippen molar-refractivity contribution in [2.45, 2.75) is 91.2 Å². The average Bonchev–Trinajstić information content (AvgIpc) is 3.13. The summed E-state index contributed by atoms with van der Waals surface area (Å²) in [7, 11) is 5.69. The van der Waals surface area contributed by atoms with Crippen molar-refractivity contribution in [1.82, 2.24) is 0 Å². The highest BCUT2D eigenvalue weighted by atomic mass is 19.2. The molecule has 2 radical (unpaired) electrons. The van der Waals surface area contributed by atoms with E-state index < -0.39 is 77.6 Å². The molecule has 1 aliphatic heterocycles. The number of carbonyl (C=O) groups is 1. The van der Waals surface area contributed by atoms with Gasteiger partial charge in [-0.3, -0.25) is 4.79 Å². The van der Waals surface area contributed by atoms with Crippen LogP contribution >= 0.6 is 0 Å². The topological polar surface area (TPSA) is 122 Å². The van der Waals surface area contributed by atoms with E-state index in [9.17, 15) is 37.0 Å². The quantitative estimate of drug-likeness (QED) is 0.0266. The van der Waals surface area contributed by atoms with Crippen LogP contribution in [0.5, 0.6) is 5.75 Å². The van der Waals surface area contributed by atoms with Crippen molar-refractivity contribution in [2.75, 3.05) is 59.5 Å². The zero-order chi connectivity index (χ0) is 38.6. The molecule has 1 aromatic rings. The Kier molecular flexibility index (Phi) is 30.0. The molecule has 0 bridgehead atoms. The average molecular weight is 729 g/mol. The molecular formula is C34H54BF5O10. The maximum Gasteiger partial charge on any atom is 0.313 e. The van der Waals surface area contributed by atoms with Crippen molar-refractivity contribution in [3.63, 3.8) is 0 Å². The lowest BCUT2D eigenvalue weighted by molar-refractivity contribution is -0.259. The van der Waals surface area contributed by atoms with E-state index in [-0.39, 0.29) is 19.8 Å². The number of aliphatic hydroxyl groups excluding tert-OH is 2. The van der Waals surface area contributed by atoms with E-state index in [0.717, 1.165) is 12.8 Å². The van der Waals surface area contributed by atoms with E-state index in [1.54, 1.807) is 6.92 Å². The van der Waals surface area contributed by atoms with Gasteiger partial charge in [-0.05, 0) is 39.4 Å². The molecule has 0 aromatic heterocycles. The number of benzene rings is 1. The number of carbonyl (C=O) groups excluding carboxylic acids is 1. The summed E-state index contributed by atoms with van der Waals surface area (Å²) in [5.74, 6) is -14.8. The molecule has 1 aliphatic rings. The summed E-state index contributed by atoms with van der Waals surface area (Å²) >= 11 is 0. The first kappa shape index (κ1) is 49.7. The van der Waals surface area contributed by atoms with E-state index in [0.29, 0.717) is 39.6 Å². The fourth-order valence-corrected chi connectivity index (χ4v) is 3.59. The first-order valence-corrected chi connectivity index (χ1v) is 16.4. The predicted octanol–water partition coefficient (Wildman–Crippen LogP) is 5.77. The number of ether oxygens (including phenoxy) is 7. The Labute approximate surface area is 294 Å². The second-order valence-electron chi connectivity index (χ2n) is 10.1. The maximum atomic E-state index is 13.4. The van der Waals surface area contributed by atoms with Crippen molar-refractivity contribution >= 4 is 13.8 Å². The van der Waals surface area contributed by atoms with Gasteiger partial charge in [0.2, 0.25) is 34.8 Å². The molecule has 16 heteroatoms. The Morgan fingerprint density at radius 2 is 1.22 bits per heavy atom. The van der Waals surface area contributed by atoms with Crippen molar-refractivity contribution in [3.05, 3.63) is 53.9 Å². The minimum absolute atomic E-state index is 0.120. The summed E-state index contributed by atoms with van der Waals surface area (Å²) in [6.07, 6.45) is 0.246. The van der Waals surface area contributed by atoms with Gasteiger partial charge in [0.1, 0.15) is 6.10 Å². The third kappa shape index (κ3) is 19.2. The minimum Gasteiger partial charge on any atom is -0.420 e. The highest BCUT2D eigenvalue weighted by molar-refractivity contribution is 6.12. The molecule has 4 unspecified atom stereocenters. The molecule has 10 nitrogen and oxygen atoms in total. The monoisotopic (exact) mass is 728 g/mol. The number of esters is 1. The van der Waals surface area contributed by atoms with Crippen LogP contribution in [0.15, 0.2) is 24.8 Å². The molecule has 2 N–H and O–H groups in total. The van der Waals surface area contributed by atoms with Crippen LogP contribution in [-0.2, 0) is 33.2 Å². The molecule has 288 valence electrons. The van der Waals surface area contributed by atoms with Crippen LogP contribution in [-0.4, -0.2) is 108 Å². The van der Waals surface area contributed by atoms with Gasteiger partial charge in [-0.15, -0.1) is 13.2 Å². The van der Waals surface area contributed by atoms with E-state index in [2.05, 4.69) is 17.9 Å². The molecule has 0 spiro atoms. The lowest BCUT2D eigenvalue weighted by atomic mass is 9.74. The highest BCUT2D eigenvalue weighted by Crippen LogP contribution is 2.30. The molecular weight excluding hydrogens is 674 g/mol.